The highest BCUT2D eigenvalue weighted by atomic mass is 35.5. The molecule has 106 valence electrons. The number of halogens is 2. The maximum atomic E-state index is 13.6. The molecule has 0 bridgehead atoms. The highest BCUT2D eigenvalue weighted by molar-refractivity contribution is 6.30. The average molecular weight is 297 g/mol. The van der Waals surface area contributed by atoms with Crippen molar-refractivity contribution in [3.63, 3.8) is 0 Å². The lowest BCUT2D eigenvalue weighted by atomic mass is 10.3. The van der Waals surface area contributed by atoms with Crippen molar-refractivity contribution in [2.75, 3.05) is 17.7 Å². The fraction of sp³-hybridized carbons (Fsp3) is 0.231. The zero-order chi connectivity index (χ0) is 14.5. The number of nitrogens with two attached hydrogens (primary N) is 1. The Balaban J connectivity index is 2.24. The largest absolute Gasteiger partial charge is 0.384 e. The third-order valence-corrected chi connectivity index (χ3v) is 2.65. The van der Waals surface area contributed by atoms with Crippen molar-refractivity contribution >= 4 is 28.9 Å². The van der Waals surface area contributed by atoms with Gasteiger partial charge in [-0.2, -0.15) is 0 Å². The fourth-order valence-corrected chi connectivity index (χ4v) is 1.74. The van der Waals surface area contributed by atoms with Gasteiger partial charge in [-0.15, -0.1) is 0 Å². The monoisotopic (exact) mass is 296 g/mol. The number of nitrogen functional groups attached to an aromatic ring is 1. The number of rotatable bonds is 5. The maximum absolute atomic E-state index is 13.6. The van der Waals surface area contributed by atoms with Crippen molar-refractivity contribution in [3.8, 4) is 0 Å². The molecule has 7 heteroatoms. The Morgan fingerprint density at radius 2 is 2.15 bits per heavy atom. The highest BCUT2D eigenvalue weighted by Gasteiger charge is 2.07. The molecule has 2 rings (SSSR count). The van der Waals surface area contributed by atoms with Crippen LogP contribution in [0.4, 0.5) is 21.7 Å². The van der Waals surface area contributed by atoms with Gasteiger partial charge in [0.25, 0.3) is 0 Å². The summed E-state index contributed by atoms with van der Waals surface area (Å²) in [6.45, 7) is 2.66. The number of anilines is 3. The number of hydrogen-bond acceptors (Lipinski definition) is 5. The zero-order valence-electron chi connectivity index (χ0n) is 10.9. The fourth-order valence-electron chi connectivity index (χ4n) is 1.57. The van der Waals surface area contributed by atoms with E-state index in [-0.39, 0.29) is 18.1 Å². The van der Waals surface area contributed by atoms with Gasteiger partial charge < -0.3 is 15.8 Å². The number of ether oxygens (including phenoxy) is 1. The number of hydrogen-bond donors (Lipinski definition) is 2. The molecule has 0 amide bonds. The molecule has 1 heterocycles. The van der Waals surface area contributed by atoms with Crippen LogP contribution in [-0.4, -0.2) is 16.6 Å². The van der Waals surface area contributed by atoms with Gasteiger partial charge in [-0.1, -0.05) is 11.6 Å². The predicted octanol–water partition coefficient (Wildman–Crippen LogP) is 3.13. The van der Waals surface area contributed by atoms with E-state index in [1.807, 2.05) is 6.92 Å². The highest BCUT2D eigenvalue weighted by Crippen LogP contribution is 2.23. The lowest BCUT2D eigenvalue weighted by molar-refractivity contribution is 0.128. The molecular weight excluding hydrogens is 283 g/mol. The summed E-state index contributed by atoms with van der Waals surface area (Å²) in [6.07, 6.45) is 0. The molecule has 0 aliphatic carbocycles. The van der Waals surface area contributed by atoms with Gasteiger partial charge in [0.2, 0.25) is 0 Å². The van der Waals surface area contributed by atoms with E-state index in [1.165, 1.54) is 24.3 Å². The van der Waals surface area contributed by atoms with Crippen molar-refractivity contribution in [2.24, 2.45) is 0 Å². The van der Waals surface area contributed by atoms with E-state index in [0.29, 0.717) is 23.3 Å². The standard InChI is InChI=1S/C13H14ClFN4O/c1-2-20-7-13-18-11(16)6-12(19-13)17-10-5-8(14)3-4-9(10)15/h3-6H,2,7H2,1H3,(H3,16,17,18,19). The summed E-state index contributed by atoms with van der Waals surface area (Å²) in [5.41, 5.74) is 5.91. The summed E-state index contributed by atoms with van der Waals surface area (Å²) in [5, 5.41) is 3.25. The Morgan fingerprint density at radius 3 is 2.90 bits per heavy atom. The van der Waals surface area contributed by atoms with Crippen LogP contribution in [0.5, 0.6) is 0 Å². The summed E-state index contributed by atoms with van der Waals surface area (Å²) >= 11 is 5.83. The minimum atomic E-state index is -0.432. The second-order valence-corrected chi connectivity index (χ2v) is 4.42. The Labute approximate surface area is 120 Å². The average Bonchev–Trinajstić information content (AvgIpc) is 2.40. The number of nitrogens with zero attached hydrogens (tertiary/aromatic N) is 2. The second kappa shape index (κ2) is 6.49. The molecule has 0 unspecified atom stereocenters. The van der Waals surface area contributed by atoms with E-state index in [9.17, 15) is 4.39 Å². The molecule has 20 heavy (non-hydrogen) atoms. The Bertz CT molecular complexity index is 609. The van der Waals surface area contributed by atoms with E-state index in [0.717, 1.165) is 0 Å². The van der Waals surface area contributed by atoms with Crippen LogP contribution in [0.3, 0.4) is 0 Å². The summed E-state index contributed by atoms with van der Waals surface area (Å²) in [4.78, 5) is 8.23. The van der Waals surface area contributed by atoms with Gasteiger partial charge in [-0.3, -0.25) is 0 Å². The molecule has 0 spiro atoms. The van der Waals surface area contributed by atoms with Crippen molar-refractivity contribution in [1.29, 1.82) is 0 Å². The molecule has 3 N–H and O–H groups in total. The Morgan fingerprint density at radius 1 is 1.35 bits per heavy atom. The van der Waals surface area contributed by atoms with Gasteiger partial charge in [0.15, 0.2) is 5.82 Å². The maximum Gasteiger partial charge on any atom is 0.158 e. The minimum absolute atomic E-state index is 0.220. The van der Waals surface area contributed by atoms with Gasteiger partial charge in [0.05, 0.1) is 5.69 Å². The molecular formula is C13H14ClFN4O. The molecule has 5 nitrogen and oxygen atoms in total. The summed E-state index contributed by atoms with van der Waals surface area (Å²) in [6, 6.07) is 5.72. The van der Waals surface area contributed by atoms with Crippen LogP contribution >= 0.6 is 11.6 Å². The molecule has 0 fully saturated rings. The third kappa shape index (κ3) is 3.79. The molecule has 0 saturated heterocycles. The first kappa shape index (κ1) is 14.5. The summed E-state index contributed by atoms with van der Waals surface area (Å²) < 4.78 is 18.9. The number of benzene rings is 1. The number of aromatic nitrogens is 2. The van der Waals surface area contributed by atoms with Crippen molar-refractivity contribution in [2.45, 2.75) is 13.5 Å². The normalized spacial score (nSPS) is 10.6. The molecule has 0 atom stereocenters. The first-order valence-corrected chi connectivity index (χ1v) is 6.39. The molecule has 0 radical (unpaired) electrons. The molecule has 2 aromatic rings. The van der Waals surface area contributed by atoms with Gasteiger partial charge in [-0.05, 0) is 25.1 Å². The predicted molar refractivity (Wildman–Crippen MR) is 76.5 cm³/mol. The minimum Gasteiger partial charge on any atom is -0.384 e. The van der Waals surface area contributed by atoms with Crippen molar-refractivity contribution in [3.05, 3.63) is 40.9 Å². The van der Waals surface area contributed by atoms with E-state index in [1.54, 1.807) is 0 Å². The first-order valence-electron chi connectivity index (χ1n) is 6.01. The van der Waals surface area contributed by atoms with Gasteiger partial charge in [0.1, 0.15) is 24.1 Å². The summed E-state index contributed by atoms with van der Waals surface area (Å²) in [5.74, 6) is 0.655. The van der Waals surface area contributed by atoms with Crippen molar-refractivity contribution < 1.29 is 9.13 Å². The van der Waals surface area contributed by atoms with E-state index < -0.39 is 5.82 Å². The SMILES string of the molecule is CCOCc1nc(N)cc(Nc2cc(Cl)ccc2F)n1. The topological polar surface area (TPSA) is 73.1 Å². The van der Waals surface area contributed by atoms with Crippen molar-refractivity contribution in [1.82, 2.24) is 9.97 Å². The van der Waals surface area contributed by atoms with E-state index >= 15 is 0 Å². The Kier molecular flexibility index (Phi) is 4.70. The second-order valence-electron chi connectivity index (χ2n) is 3.98. The molecule has 0 saturated carbocycles. The smallest absolute Gasteiger partial charge is 0.158 e. The lowest BCUT2D eigenvalue weighted by Crippen LogP contribution is -2.05. The van der Waals surface area contributed by atoms with Crippen LogP contribution in [0.1, 0.15) is 12.7 Å². The van der Waals surface area contributed by atoms with Crippen LogP contribution in [0, 0.1) is 5.82 Å². The molecule has 1 aromatic carbocycles. The number of nitrogens with one attached hydrogen (secondary N) is 1. The van der Waals surface area contributed by atoms with Crippen LogP contribution < -0.4 is 11.1 Å². The van der Waals surface area contributed by atoms with Crippen LogP contribution in [-0.2, 0) is 11.3 Å². The van der Waals surface area contributed by atoms with Gasteiger partial charge in [-0.25, -0.2) is 14.4 Å². The van der Waals surface area contributed by atoms with Gasteiger partial charge in [0, 0.05) is 17.7 Å². The third-order valence-electron chi connectivity index (χ3n) is 2.42. The van der Waals surface area contributed by atoms with Crippen LogP contribution in [0.15, 0.2) is 24.3 Å². The summed E-state index contributed by atoms with van der Waals surface area (Å²) in [7, 11) is 0. The van der Waals surface area contributed by atoms with E-state index in [4.69, 9.17) is 22.1 Å². The zero-order valence-corrected chi connectivity index (χ0v) is 11.6. The van der Waals surface area contributed by atoms with Gasteiger partial charge >= 0.3 is 0 Å². The quantitative estimate of drug-likeness (QED) is 0.887. The Hall–Kier alpha value is -1.92. The van der Waals surface area contributed by atoms with Crippen LogP contribution in [0.25, 0.3) is 0 Å². The lowest BCUT2D eigenvalue weighted by Gasteiger charge is -2.09. The van der Waals surface area contributed by atoms with E-state index in [2.05, 4.69) is 15.3 Å². The van der Waals surface area contributed by atoms with Crippen LogP contribution in [0.2, 0.25) is 5.02 Å². The molecule has 0 aliphatic heterocycles. The molecule has 1 aromatic heterocycles. The first-order chi connectivity index (χ1) is 9.58. The molecule has 0 aliphatic rings.